The summed E-state index contributed by atoms with van der Waals surface area (Å²) in [5, 5.41) is 1.35. The van der Waals surface area contributed by atoms with Crippen molar-refractivity contribution in [2.75, 3.05) is 4.90 Å². The first-order valence-electron chi connectivity index (χ1n) is 9.77. The standard InChI is InChI=1S/C25H17Cl2NO3/c1-13-3-9-18(11-14(13)2)28-22(15-4-6-16(26)7-5-15)21-23(29)19-12-17(27)8-10-20(19)31-24(21)25(28)30/h3-12,22H,1-2H3. The van der Waals surface area contributed by atoms with Gasteiger partial charge in [-0.2, -0.15) is 0 Å². The number of rotatable bonds is 2. The fourth-order valence-corrected chi connectivity index (χ4v) is 4.35. The third-order valence-corrected chi connectivity index (χ3v) is 6.27. The van der Waals surface area contributed by atoms with E-state index in [0.29, 0.717) is 32.3 Å². The van der Waals surface area contributed by atoms with Gasteiger partial charge in [0.05, 0.1) is 17.0 Å². The highest BCUT2D eigenvalue weighted by Crippen LogP contribution is 2.42. The molecule has 4 aromatic rings. The molecule has 3 aromatic carbocycles. The third kappa shape index (κ3) is 3.14. The zero-order valence-electron chi connectivity index (χ0n) is 16.8. The number of fused-ring (bicyclic) bond motifs is 2. The van der Waals surface area contributed by atoms with Crippen LogP contribution in [0.3, 0.4) is 0 Å². The first kappa shape index (κ1) is 19.9. The topological polar surface area (TPSA) is 50.5 Å². The number of halogens is 2. The Bertz CT molecular complexity index is 1420. The van der Waals surface area contributed by atoms with Gasteiger partial charge >= 0.3 is 0 Å². The Hall–Kier alpha value is -3.08. The van der Waals surface area contributed by atoms with Crippen LogP contribution in [0, 0.1) is 13.8 Å². The molecular weight excluding hydrogens is 433 g/mol. The second-order valence-electron chi connectivity index (χ2n) is 7.71. The summed E-state index contributed by atoms with van der Waals surface area (Å²) in [4.78, 5) is 28.7. The number of nitrogens with zero attached hydrogens (tertiary/aromatic N) is 1. The number of carbonyl (C=O) groups is 1. The summed E-state index contributed by atoms with van der Waals surface area (Å²) in [5.41, 5.74) is 4.00. The second-order valence-corrected chi connectivity index (χ2v) is 8.59. The number of aryl methyl sites for hydroxylation is 2. The first-order chi connectivity index (χ1) is 14.8. The van der Waals surface area contributed by atoms with Gasteiger partial charge in [-0.3, -0.25) is 14.5 Å². The van der Waals surface area contributed by atoms with Crippen molar-refractivity contribution in [2.24, 2.45) is 0 Å². The van der Waals surface area contributed by atoms with Crippen molar-refractivity contribution in [3.8, 4) is 0 Å². The predicted octanol–water partition coefficient (Wildman–Crippen LogP) is 6.47. The molecule has 1 aromatic heterocycles. The Labute approximate surface area is 188 Å². The van der Waals surface area contributed by atoms with Crippen LogP contribution in [0.25, 0.3) is 11.0 Å². The third-order valence-electron chi connectivity index (χ3n) is 5.79. The molecule has 0 N–H and O–H groups in total. The molecule has 5 rings (SSSR count). The van der Waals surface area contributed by atoms with E-state index in [2.05, 4.69) is 0 Å². The molecule has 31 heavy (non-hydrogen) atoms. The highest BCUT2D eigenvalue weighted by Gasteiger charge is 2.43. The largest absolute Gasteiger partial charge is 0.450 e. The van der Waals surface area contributed by atoms with Gasteiger partial charge in [-0.15, -0.1) is 0 Å². The Morgan fingerprint density at radius 3 is 2.26 bits per heavy atom. The quantitative estimate of drug-likeness (QED) is 0.352. The molecule has 1 aliphatic heterocycles. The van der Waals surface area contributed by atoms with E-state index in [1.54, 1.807) is 35.2 Å². The van der Waals surface area contributed by atoms with Gasteiger partial charge in [0.2, 0.25) is 5.76 Å². The van der Waals surface area contributed by atoms with Crippen LogP contribution in [0.4, 0.5) is 5.69 Å². The highest BCUT2D eigenvalue weighted by atomic mass is 35.5. The Morgan fingerprint density at radius 1 is 0.839 bits per heavy atom. The molecule has 1 amide bonds. The molecule has 1 aliphatic rings. The maximum atomic E-state index is 13.5. The van der Waals surface area contributed by atoms with Crippen molar-refractivity contribution in [2.45, 2.75) is 19.9 Å². The van der Waals surface area contributed by atoms with Crippen molar-refractivity contribution in [3.05, 3.63) is 109 Å². The van der Waals surface area contributed by atoms with E-state index in [4.69, 9.17) is 27.6 Å². The predicted molar refractivity (Wildman–Crippen MR) is 124 cm³/mol. The van der Waals surface area contributed by atoms with Gasteiger partial charge in [0.15, 0.2) is 5.43 Å². The van der Waals surface area contributed by atoms with Gasteiger partial charge < -0.3 is 4.42 Å². The van der Waals surface area contributed by atoms with Gasteiger partial charge in [0, 0.05) is 15.7 Å². The summed E-state index contributed by atoms with van der Waals surface area (Å²) in [6.07, 6.45) is 0. The first-order valence-corrected chi connectivity index (χ1v) is 10.5. The fourth-order valence-electron chi connectivity index (χ4n) is 4.05. The van der Waals surface area contributed by atoms with Crippen LogP contribution in [-0.2, 0) is 0 Å². The van der Waals surface area contributed by atoms with Crippen LogP contribution in [-0.4, -0.2) is 5.91 Å². The molecule has 0 aliphatic carbocycles. The van der Waals surface area contributed by atoms with Crippen molar-refractivity contribution < 1.29 is 9.21 Å². The number of carbonyl (C=O) groups excluding carboxylic acids is 1. The maximum absolute atomic E-state index is 13.5. The monoisotopic (exact) mass is 449 g/mol. The SMILES string of the molecule is Cc1ccc(N2C(=O)c3oc4ccc(Cl)cc4c(=O)c3C2c2ccc(Cl)cc2)cc1C. The van der Waals surface area contributed by atoms with E-state index in [-0.39, 0.29) is 17.1 Å². The van der Waals surface area contributed by atoms with E-state index in [1.807, 2.05) is 44.2 Å². The van der Waals surface area contributed by atoms with E-state index >= 15 is 0 Å². The number of benzene rings is 3. The summed E-state index contributed by atoms with van der Waals surface area (Å²) in [6, 6.07) is 17.1. The molecule has 0 radical (unpaired) electrons. The average Bonchev–Trinajstić information content (AvgIpc) is 3.04. The van der Waals surface area contributed by atoms with Crippen LogP contribution in [0.2, 0.25) is 10.0 Å². The zero-order chi connectivity index (χ0) is 21.9. The summed E-state index contributed by atoms with van der Waals surface area (Å²) < 4.78 is 5.96. The Morgan fingerprint density at radius 2 is 1.55 bits per heavy atom. The van der Waals surface area contributed by atoms with Crippen LogP contribution >= 0.6 is 23.2 Å². The van der Waals surface area contributed by atoms with Crippen molar-refractivity contribution >= 4 is 45.8 Å². The molecule has 1 atom stereocenters. The lowest BCUT2D eigenvalue weighted by Gasteiger charge is -2.26. The van der Waals surface area contributed by atoms with Gasteiger partial charge in [0.1, 0.15) is 5.58 Å². The second kappa shape index (κ2) is 7.26. The molecule has 0 saturated heterocycles. The lowest BCUT2D eigenvalue weighted by atomic mass is 9.98. The van der Waals surface area contributed by atoms with Gasteiger partial charge in [-0.25, -0.2) is 0 Å². The molecule has 0 saturated carbocycles. The van der Waals surface area contributed by atoms with Crippen LogP contribution < -0.4 is 10.3 Å². The van der Waals surface area contributed by atoms with Gasteiger partial charge in [-0.05, 0) is 73.0 Å². The molecule has 0 bridgehead atoms. The molecular formula is C25H17Cl2NO3. The van der Waals surface area contributed by atoms with Gasteiger partial charge in [-0.1, -0.05) is 41.4 Å². The molecule has 1 unspecified atom stereocenters. The molecule has 0 spiro atoms. The minimum atomic E-state index is -0.637. The fraction of sp³-hybridized carbons (Fsp3) is 0.120. The summed E-state index contributed by atoms with van der Waals surface area (Å²) in [5.74, 6) is -0.301. The Balaban J connectivity index is 1.82. The number of hydrogen-bond acceptors (Lipinski definition) is 3. The van der Waals surface area contributed by atoms with Crippen LogP contribution in [0.1, 0.15) is 38.9 Å². The van der Waals surface area contributed by atoms with E-state index in [9.17, 15) is 9.59 Å². The molecule has 4 nitrogen and oxygen atoms in total. The van der Waals surface area contributed by atoms with E-state index in [0.717, 1.165) is 16.7 Å². The summed E-state index contributed by atoms with van der Waals surface area (Å²) >= 11 is 12.2. The van der Waals surface area contributed by atoms with Crippen LogP contribution in [0.15, 0.2) is 69.9 Å². The van der Waals surface area contributed by atoms with Gasteiger partial charge in [0.25, 0.3) is 5.91 Å². The van der Waals surface area contributed by atoms with Crippen molar-refractivity contribution in [3.63, 3.8) is 0 Å². The van der Waals surface area contributed by atoms with E-state index in [1.165, 1.54) is 0 Å². The number of anilines is 1. The molecule has 6 heteroatoms. The van der Waals surface area contributed by atoms with E-state index < -0.39 is 6.04 Å². The lowest BCUT2D eigenvalue weighted by molar-refractivity contribution is 0.0971. The summed E-state index contributed by atoms with van der Waals surface area (Å²) in [6.45, 7) is 4.00. The minimum Gasteiger partial charge on any atom is -0.450 e. The highest BCUT2D eigenvalue weighted by molar-refractivity contribution is 6.31. The zero-order valence-corrected chi connectivity index (χ0v) is 18.3. The minimum absolute atomic E-state index is 0.0537. The van der Waals surface area contributed by atoms with Crippen molar-refractivity contribution in [1.82, 2.24) is 0 Å². The lowest BCUT2D eigenvalue weighted by Crippen LogP contribution is -2.29. The molecule has 0 fully saturated rings. The number of amides is 1. The van der Waals surface area contributed by atoms with Crippen molar-refractivity contribution in [1.29, 1.82) is 0 Å². The molecule has 2 heterocycles. The smallest absolute Gasteiger partial charge is 0.295 e. The summed E-state index contributed by atoms with van der Waals surface area (Å²) in [7, 11) is 0. The Kier molecular flexibility index (Phi) is 4.65. The van der Waals surface area contributed by atoms with Crippen LogP contribution in [0.5, 0.6) is 0 Å². The molecule has 154 valence electrons. The maximum Gasteiger partial charge on any atom is 0.295 e. The number of hydrogen-bond donors (Lipinski definition) is 0. The normalized spacial score (nSPS) is 15.5. The average molecular weight is 450 g/mol.